The number of benzene rings is 1. The van der Waals surface area contributed by atoms with Crippen LogP contribution < -0.4 is 11.1 Å². The highest BCUT2D eigenvalue weighted by Crippen LogP contribution is 2.23. The van der Waals surface area contributed by atoms with Crippen molar-refractivity contribution in [3.63, 3.8) is 0 Å². The predicted molar refractivity (Wildman–Crippen MR) is 77.4 cm³/mol. The molecular formula is C14H16ClN3. The summed E-state index contributed by atoms with van der Waals surface area (Å²) in [5.41, 5.74) is 8.66. The number of nitrogens with two attached hydrogens (primary N) is 1. The number of hydrogen-bond donors (Lipinski definition) is 2. The first-order chi connectivity index (χ1) is 8.69. The van der Waals surface area contributed by atoms with Crippen LogP contribution in [0, 0.1) is 0 Å². The number of nitrogens with one attached hydrogen (secondary N) is 1. The molecule has 0 amide bonds. The summed E-state index contributed by atoms with van der Waals surface area (Å²) in [5.74, 6) is 0.670. The summed E-state index contributed by atoms with van der Waals surface area (Å²) in [5, 5.41) is 3.66. The van der Waals surface area contributed by atoms with Gasteiger partial charge in [0.2, 0.25) is 0 Å². The molecular weight excluding hydrogens is 246 g/mol. The van der Waals surface area contributed by atoms with E-state index in [-0.39, 0.29) is 0 Å². The molecule has 1 heterocycles. The number of anilines is 3. The van der Waals surface area contributed by atoms with Gasteiger partial charge in [-0.25, -0.2) is 4.98 Å². The third kappa shape index (κ3) is 3.14. The summed E-state index contributed by atoms with van der Waals surface area (Å²) in [6.45, 7) is 2.16. The van der Waals surface area contributed by atoms with Crippen LogP contribution in [0.15, 0.2) is 36.4 Å². The predicted octanol–water partition coefficient (Wildman–Crippen LogP) is 4.01. The van der Waals surface area contributed by atoms with Gasteiger partial charge in [-0.2, -0.15) is 0 Å². The Bertz CT molecular complexity index is 520. The number of halogens is 1. The molecule has 0 aliphatic heterocycles. The van der Waals surface area contributed by atoms with E-state index in [1.807, 2.05) is 18.2 Å². The largest absolute Gasteiger partial charge is 0.399 e. The Morgan fingerprint density at radius 2 is 2.06 bits per heavy atom. The fourth-order valence-corrected chi connectivity index (χ4v) is 2.07. The fourth-order valence-electron chi connectivity index (χ4n) is 1.85. The topological polar surface area (TPSA) is 50.9 Å². The van der Waals surface area contributed by atoms with Gasteiger partial charge in [-0.1, -0.05) is 43.1 Å². The number of aromatic nitrogens is 1. The molecule has 1 aromatic carbocycles. The Balaban J connectivity index is 2.27. The number of nitrogen functional groups attached to an aromatic ring is 1. The summed E-state index contributed by atoms with van der Waals surface area (Å²) >= 11 is 5.89. The maximum Gasteiger partial charge on any atom is 0.134 e. The highest BCUT2D eigenvalue weighted by Gasteiger charge is 2.03. The van der Waals surface area contributed by atoms with Crippen molar-refractivity contribution in [2.24, 2.45) is 0 Å². The minimum atomic E-state index is 0.394. The first kappa shape index (κ1) is 12.7. The van der Waals surface area contributed by atoms with E-state index in [1.165, 1.54) is 5.56 Å². The first-order valence-electron chi connectivity index (χ1n) is 5.97. The Kier molecular flexibility index (Phi) is 4.05. The van der Waals surface area contributed by atoms with Crippen LogP contribution in [0.4, 0.5) is 17.2 Å². The molecule has 0 aliphatic rings. The number of hydrogen-bond acceptors (Lipinski definition) is 3. The number of pyridine rings is 1. The average Bonchev–Trinajstić information content (AvgIpc) is 2.30. The molecule has 2 aromatic rings. The van der Waals surface area contributed by atoms with E-state index in [4.69, 9.17) is 17.3 Å². The first-order valence-corrected chi connectivity index (χ1v) is 6.35. The Labute approximate surface area is 112 Å². The molecule has 2 rings (SSSR count). The highest BCUT2D eigenvalue weighted by atomic mass is 35.5. The van der Waals surface area contributed by atoms with E-state index in [0.29, 0.717) is 16.7 Å². The van der Waals surface area contributed by atoms with Gasteiger partial charge in [0.15, 0.2) is 0 Å². The van der Waals surface area contributed by atoms with Crippen molar-refractivity contribution in [1.82, 2.24) is 4.98 Å². The van der Waals surface area contributed by atoms with Crippen LogP contribution in [0.1, 0.15) is 18.9 Å². The monoisotopic (exact) mass is 261 g/mol. The smallest absolute Gasteiger partial charge is 0.134 e. The van der Waals surface area contributed by atoms with E-state index in [9.17, 15) is 0 Å². The summed E-state index contributed by atoms with van der Waals surface area (Å²) in [6, 6.07) is 11.6. The molecule has 1 aromatic heterocycles. The molecule has 0 saturated carbocycles. The van der Waals surface area contributed by atoms with Crippen molar-refractivity contribution < 1.29 is 0 Å². The third-order valence-corrected chi connectivity index (χ3v) is 2.81. The normalized spacial score (nSPS) is 10.3. The van der Waals surface area contributed by atoms with Gasteiger partial charge in [0, 0.05) is 17.4 Å². The summed E-state index contributed by atoms with van der Waals surface area (Å²) in [4.78, 5) is 4.20. The van der Waals surface area contributed by atoms with Crippen molar-refractivity contribution >= 4 is 28.8 Å². The maximum absolute atomic E-state index is 5.89. The molecule has 0 fully saturated rings. The molecule has 0 unspecified atom stereocenters. The van der Waals surface area contributed by atoms with Crippen molar-refractivity contribution in [2.45, 2.75) is 19.8 Å². The van der Waals surface area contributed by atoms with E-state index in [2.05, 4.69) is 23.3 Å². The average molecular weight is 262 g/mol. The number of aryl methyl sites for hydroxylation is 1. The number of para-hydroxylation sites is 1. The molecule has 94 valence electrons. The Morgan fingerprint density at radius 3 is 2.78 bits per heavy atom. The lowest BCUT2D eigenvalue weighted by Crippen LogP contribution is -1.99. The number of rotatable bonds is 4. The number of nitrogens with zero attached hydrogens (tertiary/aromatic N) is 1. The van der Waals surface area contributed by atoms with Crippen molar-refractivity contribution in [3.05, 3.63) is 47.1 Å². The highest BCUT2D eigenvalue weighted by molar-refractivity contribution is 6.29. The second-order valence-corrected chi connectivity index (χ2v) is 4.53. The van der Waals surface area contributed by atoms with Gasteiger partial charge in [-0.05, 0) is 24.1 Å². The second-order valence-electron chi connectivity index (χ2n) is 4.14. The Morgan fingerprint density at radius 1 is 1.28 bits per heavy atom. The summed E-state index contributed by atoms with van der Waals surface area (Å²) < 4.78 is 0. The van der Waals surface area contributed by atoms with E-state index < -0.39 is 0 Å². The van der Waals surface area contributed by atoms with Crippen LogP contribution in [0.3, 0.4) is 0 Å². The van der Waals surface area contributed by atoms with Gasteiger partial charge in [-0.3, -0.25) is 0 Å². The zero-order valence-electron chi connectivity index (χ0n) is 10.3. The maximum atomic E-state index is 5.89. The van der Waals surface area contributed by atoms with Crippen LogP contribution >= 0.6 is 11.6 Å². The molecule has 3 nitrogen and oxygen atoms in total. The molecule has 18 heavy (non-hydrogen) atoms. The van der Waals surface area contributed by atoms with Crippen LogP contribution in [0.2, 0.25) is 5.15 Å². The van der Waals surface area contributed by atoms with Crippen LogP contribution in [0.25, 0.3) is 0 Å². The standard InChI is InChI=1S/C14H16ClN3/c1-2-5-10-6-3-4-7-12(10)17-14-9-11(16)8-13(15)18-14/h3-4,6-9H,2,5H2,1H3,(H3,16,17,18). The zero-order valence-corrected chi connectivity index (χ0v) is 11.0. The lowest BCUT2D eigenvalue weighted by Gasteiger charge is -2.11. The van der Waals surface area contributed by atoms with Crippen molar-refractivity contribution in [2.75, 3.05) is 11.1 Å². The van der Waals surface area contributed by atoms with Crippen LogP contribution in [0.5, 0.6) is 0 Å². The van der Waals surface area contributed by atoms with Crippen LogP contribution in [-0.4, -0.2) is 4.98 Å². The SMILES string of the molecule is CCCc1ccccc1Nc1cc(N)cc(Cl)n1. The van der Waals surface area contributed by atoms with E-state index in [1.54, 1.807) is 12.1 Å². The summed E-state index contributed by atoms with van der Waals surface area (Å²) in [7, 11) is 0. The summed E-state index contributed by atoms with van der Waals surface area (Å²) in [6.07, 6.45) is 2.13. The van der Waals surface area contributed by atoms with Gasteiger partial charge in [0.25, 0.3) is 0 Å². The van der Waals surface area contributed by atoms with Gasteiger partial charge in [0.1, 0.15) is 11.0 Å². The molecule has 0 bridgehead atoms. The third-order valence-electron chi connectivity index (χ3n) is 2.62. The minimum Gasteiger partial charge on any atom is -0.399 e. The van der Waals surface area contributed by atoms with Crippen LogP contribution in [-0.2, 0) is 6.42 Å². The molecule has 0 aliphatic carbocycles. The lowest BCUT2D eigenvalue weighted by atomic mass is 10.1. The van der Waals surface area contributed by atoms with Crippen molar-refractivity contribution in [1.29, 1.82) is 0 Å². The van der Waals surface area contributed by atoms with Gasteiger partial charge >= 0.3 is 0 Å². The van der Waals surface area contributed by atoms with E-state index >= 15 is 0 Å². The zero-order chi connectivity index (χ0) is 13.0. The molecule has 0 spiro atoms. The molecule has 0 atom stereocenters. The molecule has 0 saturated heterocycles. The quantitative estimate of drug-likeness (QED) is 0.818. The molecule has 0 radical (unpaired) electrons. The van der Waals surface area contributed by atoms with Crippen molar-refractivity contribution in [3.8, 4) is 0 Å². The van der Waals surface area contributed by atoms with E-state index in [0.717, 1.165) is 18.5 Å². The lowest BCUT2D eigenvalue weighted by molar-refractivity contribution is 0.923. The second kappa shape index (κ2) is 5.74. The van der Waals surface area contributed by atoms with Gasteiger partial charge in [-0.15, -0.1) is 0 Å². The minimum absolute atomic E-state index is 0.394. The fraction of sp³-hybridized carbons (Fsp3) is 0.214. The van der Waals surface area contributed by atoms with Gasteiger partial charge in [0.05, 0.1) is 0 Å². The molecule has 4 heteroatoms. The van der Waals surface area contributed by atoms with Gasteiger partial charge < -0.3 is 11.1 Å². The Hall–Kier alpha value is -1.74. The molecule has 3 N–H and O–H groups in total.